The Morgan fingerprint density at radius 2 is 2.04 bits per heavy atom. The first kappa shape index (κ1) is 17.8. The van der Waals surface area contributed by atoms with Crippen molar-refractivity contribution >= 4 is 11.8 Å². The summed E-state index contributed by atoms with van der Waals surface area (Å²) in [7, 11) is 0. The summed E-state index contributed by atoms with van der Waals surface area (Å²) in [5.41, 5.74) is 0.984. The van der Waals surface area contributed by atoms with Gasteiger partial charge in [0.05, 0.1) is 0 Å². The lowest BCUT2D eigenvalue weighted by Crippen LogP contribution is -2.33. The average Bonchev–Trinajstić information content (AvgIpc) is 3.42. The van der Waals surface area contributed by atoms with Gasteiger partial charge in [-0.1, -0.05) is 31.9 Å². The van der Waals surface area contributed by atoms with Gasteiger partial charge in [0.1, 0.15) is 5.75 Å². The van der Waals surface area contributed by atoms with Crippen molar-refractivity contribution in [1.82, 2.24) is 10.6 Å². The summed E-state index contributed by atoms with van der Waals surface area (Å²) in [5.74, 6) is 1.52. The molecule has 2 atom stereocenters. The van der Waals surface area contributed by atoms with Crippen LogP contribution in [0.1, 0.15) is 51.0 Å². The van der Waals surface area contributed by atoms with Crippen LogP contribution in [0.3, 0.4) is 0 Å². The Kier molecular flexibility index (Phi) is 5.95. The van der Waals surface area contributed by atoms with Crippen LogP contribution in [-0.2, 0) is 16.1 Å². The number of carbonyl (C=O) groups excluding carboxylic acids is 2. The first-order valence-corrected chi connectivity index (χ1v) is 9.39. The van der Waals surface area contributed by atoms with E-state index in [4.69, 9.17) is 4.74 Å². The number of carbonyl (C=O) groups is 2. The molecule has 2 aliphatic carbocycles. The Hall–Kier alpha value is -2.04. The Balaban J connectivity index is 1.44. The topological polar surface area (TPSA) is 67.4 Å². The third kappa shape index (κ3) is 5.76. The summed E-state index contributed by atoms with van der Waals surface area (Å²) in [6, 6.07) is 7.91. The molecule has 5 nitrogen and oxygen atoms in total. The minimum absolute atomic E-state index is 0.0340. The van der Waals surface area contributed by atoms with Gasteiger partial charge in [0.25, 0.3) is 5.91 Å². The zero-order chi connectivity index (χ0) is 17.6. The van der Waals surface area contributed by atoms with E-state index in [-0.39, 0.29) is 24.3 Å². The highest BCUT2D eigenvalue weighted by Gasteiger charge is 2.25. The quantitative estimate of drug-likeness (QED) is 0.799. The van der Waals surface area contributed by atoms with E-state index in [9.17, 15) is 9.59 Å². The predicted octanol–water partition coefficient (Wildman–Crippen LogP) is 2.79. The zero-order valence-electron chi connectivity index (χ0n) is 14.9. The molecule has 136 valence electrons. The van der Waals surface area contributed by atoms with Crippen molar-refractivity contribution in [3.05, 3.63) is 29.8 Å². The molecule has 0 bridgehead atoms. The van der Waals surface area contributed by atoms with Crippen LogP contribution >= 0.6 is 0 Å². The summed E-state index contributed by atoms with van der Waals surface area (Å²) >= 11 is 0. The lowest BCUT2D eigenvalue weighted by molar-refractivity contribution is -0.126. The molecule has 0 unspecified atom stereocenters. The minimum atomic E-state index is -0.0763. The maximum absolute atomic E-state index is 12.3. The van der Waals surface area contributed by atoms with Crippen LogP contribution in [0.5, 0.6) is 5.75 Å². The standard InChI is InChI=1S/C20H28N2O3/c1-14-4-2-6-16(10-14)20(24)21-12-15-5-3-7-18(11-15)25-13-19(23)22-17-8-9-17/h3,5,7,11,14,16-17H,2,4,6,8-10,12-13H2,1H3,(H,21,24)(H,22,23)/t14-,16+/m1/s1. The van der Waals surface area contributed by atoms with Crippen LogP contribution in [0, 0.1) is 11.8 Å². The number of hydrogen-bond donors (Lipinski definition) is 2. The zero-order valence-corrected chi connectivity index (χ0v) is 14.9. The van der Waals surface area contributed by atoms with Crippen LogP contribution < -0.4 is 15.4 Å². The van der Waals surface area contributed by atoms with Crippen molar-refractivity contribution in [2.45, 2.75) is 58.0 Å². The summed E-state index contributed by atoms with van der Waals surface area (Å²) < 4.78 is 5.55. The second-order valence-corrected chi connectivity index (χ2v) is 7.46. The minimum Gasteiger partial charge on any atom is -0.484 e. The summed E-state index contributed by atoms with van der Waals surface area (Å²) in [5, 5.41) is 5.94. The van der Waals surface area contributed by atoms with E-state index in [1.54, 1.807) is 0 Å². The van der Waals surface area contributed by atoms with Crippen LogP contribution in [0.2, 0.25) is 0 Å². The van der Waals surface area contributed by atoms with Gasteiger partial charge in [-0.3, -0.25) is 9.59 Å². The normalized spacial score (nSPS) is 22.9. The highest BCUT2D eigenvalue weighted by atomic mass is 16.5. The number of nitrogens with one attached hydrogen (secondary N) is 2. The molecule has 3 rings (SSSR count). The van der Waals surface area contributed by atoms with Crippen molar-refractivity contribution < 1.29 is 14.3 Å². The lowest BCUT2D eigenvalue weighted by Gasteiger charge is -2.25. The van der Waals surface area contributed by atoms with Crippen LogP contribution in [0.4, 0.5) is 0 Å². The molecule has 2 saturated carbocycles. The fourth-order valence-electron chi connectivity index (χ4n) is 3.40. The third-order valence-corrected chi connectivity index (χ3v) is 4.98. The molecule has 1 aromatic rings. The van der Waals surface area contributed by atoms with Gasteiger partial charge in [0.15, 0.2) is 6.61 Å². The van der Waals surface area contributed by atoms with E-state index in [2.05, 4.69) is 17.6 Å². The van der Waals surface area contributed by atoms with Crippen molar-refractivity contribution in [3.8, 4) is 5.75 Å². The fraction of sp³-hybridized carbons (Fsp3) is 0.600. The third-order valence-electron chi connectivity index (χ3n) is 4.98. The Bertz CT molecular complexity index is 613. The molecule has 0 aromatic heterocycles. The number of rotatable bonds is 7. The van der Waals surface area contributed by atoms with Gasteiger partial charge in [-0.05, 0) is 49.3 Å². The molecule has 25 heavy (non-hydrogen) atoms. The van der Waals surface area contributed by atoms with Crippen molar-refractivity contribution in [2.75, 3.05) is 6.61 Å². The molecule has 2 aliphatic rings. The Labute approximate surface area is 149 Å². The van der Waals surface area contributed by atoms with E-state index >= 15 is 0 Å². The van der Waals surface area contributed by atoms with Crippen molar-refractivity contribution in [1.29, 1.82) is 0 Å². The molecule has 0 spiro atoms. The second kappa shape index (κ2) is 8.37. The number of benzene rings is 1. The Morgan fingerprint density at radius 1 is 1.20 bits per heavy atom. The van der Waals surface area contributed by atoms with Crippen LogP contribution in [0.15, 0.2) is 24.3 Å². The largest absolute Gasteiger partial charge is 0.484 e. The summed E-state index contributed by atoms with van der Waals surface area (Å²) in [6.45, 7) is 2.75. The summed E-state index contributed by atoms with van der Waals surface area (Å²) in [4.78, 5) is 24.0. The first-order chi connectivity index (χ1) is 12.1. The SMILES string of the molecule is C[C@@H]1CCC[C@H](C(=O)NCc2cccc(OCC(=O)NC3CC3)c2)C1. The van der Waals surface area contributed by atoms with E-state index < -0.39 is 0 Å². The predicted molar refractivity (Wildman–Crippen MR) is 96.1 cm³/mol. The molecular weight excluding hydrogens is 316 g/mol. The molecule has 1 aromatic carbocycles. The van der Waals surface area contributed by atoms with E-state index in [1.807, 2.05) is 24.3 Å². The van der Waals surface area contributed by atoms with Gasteiger partial charge in [-0.15, -0.1) is 0 Å². The highest BCUT2D eigenvalue weighted by Crippen LogP contribution is 2.28. The molecule has 5 heteroatoms. The van der Waals surface area contributed by atoms with E-state index in [1.165, 1.54) is 6.42 Å². The van der Waals surface area contributed by atoms with Crippen molar-refractivity contribution in [3.63, 3.8) is 0 Å². The fourth-order valence-corrected chi connectivity index (χ4v) is 3.40. The molecule has 0 saturated heterocycles. The van der Waals surface area contributed by atoms with E-state index in [0.717, 1.165) is 37.7 Å². The smallest absolute Gasteiger partial charge is 0.258 e. The lowest BCUT2D eigenvalue weighted by atomic mass is 9.82. The van der Waals surface area contributed by atoms with Gasteiger partial charge in [-0.2, -0.15) is 0 Å². The maximum atomic E-state index is 12.3. The molecule has 2 N–H and O–H groups in total. The monoisotopic (exact) mass is 344 g/mol. The number of ether oxygens (including phenoxy) is 1. The molecule has 2 fully saturated rings. The van der Waals surface area contributed by atoms with Gasteiger partial charge >= 0.3 is 0 Å². The first-order valence-electron chi connectivity index (χ1n) is 9.39. The van der Waals surface area contributed by atoms with Gasteiger partial charge < -0.3 is 15.4 Å². The van der Waals surface area contributed by atoms with Crippen LogP contribution in [-0.4, -0.2) is 24.5 Å². The van der Waals surface area contributed by atoms with Crippen LogP contribution in [0.25, 0.3) is 0 Å². The average molecular weight is 344 g/mol. The van der Waals surface area contributed by atoms with Gasteiger partial charge in [-0.25, -0.2) is 0 Å². The number of hydrogen-bond acceptors (Lipinski definition) is 3. The molecular formula is C20H28N2O3. The molecule has 0 aliphatic heterocycles. The maximum Gasteiger partial charge on any atom is 0.258 e. The Morgan fingerprint density at radius 3 is 2.80 bits per heavy atom. The van der Waals surface area contributed by atoms with Gasteiger partial charge in [0.2, 0.25) is 5.91 Å². The van der Waals surface area contributed by atoms with Gasteiger partial charge in [0, 0.05) is 18.5 Å². The highest BCUT2D eigenvalue weighted by molar-refractivity contribution is 5.79. The molecule has 0 heterocycles. The number of amides is 2. The second-order valence-electron chi connectivity index (χ2n) is 7.46. The molecule has 0 radical (unpaired) electrons. The molecule has 2 amide bonds. The van der Waals surface area contributed by atoms with Crippen molar-refractivity contribution in [2.24, 2.45) is 11.8 Å². The summed E-state index contributed by atoms with van der Waals surface area (Å²) in [6.07, 6.45) is 6.50. The van der Waals surface area contributed by atoms with E-state index in [0.29, 0.717) is 24.3 Å².